The Balaban J connectivity index is 1.73. The molecule has 2 aromatic heterocycles. The van der Waals surface area contributed by atoms with Gasteiger partial charge in [0.05, 0.1) is 16.3 Å². The summed E-state index contributed by atoms with van der Waals surface area (Å²) < 4.78 is 27.6. The Labute approximate surface area is 194 Å². The minimum absolute atomic E-state index is 0.103. The van der Waals surface area contributed by atoms with Crippen molar-refractivity contribution in [1.29, 1.82) is 5.26 Å². The van der Waals surface area contributed by atoms with Gasteiger partial charge in [-0.25, -0.2) is 17.7 Å². The highest BCUT2D eigenvalue weighted by Crippen LogP contribution is 2.36. The Hall–Kier alpha value is -2.35. The zero-order valence-corrected chi connectivity index (χ0v) is 20.5. The number of carbonyl (C=O) groups excluding carboxylic acids is 1. The molecule has 0 atom stereocenters. The summed E-state index contributed by atoms with van der Waals surface area (Å²) in [6, 6.07) is 5.62. The second-order valence-corrected chi connectivity index (χ2v) is 11.3. The van der Waals surface area contributed by atoms with E-state index >= 15 is 0 Å². The van der Waals surface area contributed by atoms with Gasteiger partial charge in [-0.05, 0) is 44.4 Å². The molecule has 1 amide bonds. The molecule has 1 aliphatic rings. The molecule has 1 fully saturated rings. The number of hydrogen-bond donors (Lipinski definition) is 1. The average Bonchev–Trinajstić information content (AvgIpc) is 3.02. The maximum Gasteiger partial charge on any atom is 0.244 e. The van der Waals surface area contributed by atoms with E-state index in [0.29, 0.717) is 22.4 Å². The average molecular weight is 476 g/mol. The summed E-state index contributed by atoms with van der Waals surface area (Å²) in [5.74, 6) is 0.458. The second kappa shape index (κ2) is 10.1. The van der Waals surface area contributed by atoms with Crippen molar-refractivity contribution in [3.05, 3.63) is 35.2 Å². The molecule has 8 nitrogen and oxygen atoms in total. The number of rotatable bonds is 7. The minimum Gasteiger partial charge on any atom is -0.327 e. The predicted molar refractivity (Wildman–Crippen MR) is 125 cm³/mol. The monoisotopic (exact) mass is 475 g/mol. The van der Waals surface area contributed by atoms with E-state index in [-0.39, 0.29) is 16.6 Å². The normalized spacial score (nSPS) is 15.0. The van der Waals surface area contributed by atoms with Gasteiger partial charge in [-0.3, -0.25) is 4.79 Å². The number of anilines is 1. The first-order valence-electron chi connectivity index (χ1n) is 10.6. The van der Waals surface area contributed by atoms with Crippen LogP contribution in [-0.4, -0.2) is 48.0 Å². The van der Waals surface area contributed by atoms with Crippen LogP contribution in [-0.2, 0) is 14.8 Å². The van der Waals surface area contributed by atoms with Crippen molar-refractivity contribution in [1.82, 2.24) is 13.9 Å². The van der Waals surface area contributed by atoms with E-state index in [9.17, 15) is 18.5 Å². The van der Waals surface area contributed by atoms with Gasteiger partial charge < -0.3 is 9.88 Å². The van der Waals surface area contributed by atoms with Crippen molar-refractivity contribution in [3.63, 3.8) is 0 Å². The summed E-state index contributed by atoms with van der Waals surface area (Å²) in [4.78, 5) is 17.0. The summed E-state index contributed by atoms with van der Waals surface area (Å²) in [6.45, 7) is 3.92. The van der Waals surface area contributed by atoms with Crippen LogP contribution in [0.2, 0.25) is 0 Å². The third-order valence-corrected chi connectivity index (χ3v) is 8.65. The first kappa shape index (κ1) is 24.3. The Morgan fingerprint density at radius 3 is 2.53 bits per heavy atom. The Bertz CT molecular complexity index is 1130. The van der Waals surface area contributed by atoms with E-state index in [1.54, 1.807) is 6.07 Å². The third-order valence-electron chi connectivity index (χ3n) is 5.91. The van der Waals surface area contributed by atoms with E-state index in [0.717, 1.165) is 41.2 Å². The van der Waals surface area contributed by atoms with Crippen molar-refractivity contribution in [2.45, 2.75) is 61.9 Å². The van der Waals surface area contributed by atoms with Crippen LogP contribution in [0.4, 0.5) is 5.82 Å². The van der Waals surface area contributed by atoms with Crippen LogP contribution >= 0.6 is 11.8 Å². The van der Waals surface area contributed by atoms with Gasteiger partial charge in [0, 0.05) is 32.0 Å². The number of carbonyl (C=O) groups is 1. The molecule has 0 spiro atoms. The van der Waals surface area contributed by atoms with Crippen LogP contribution in [0.1, 0.15) is 55.0 Å². The summed E-state index contributed by atoms with van der Waals surface area (Å²) in [6.07, 6.45) is 6.91. The molecule has 1 saturated carbocycles. The first-order valence-corrected chi connectivity index (χ1v) is 13.0. The molecule has 0 radical (unpaired) electrons. The smallest absolute Gasteiger partial charge is 0.244 e. The number of thioether (sulfide) groups is 1. The quantitative estimate of drug-likeness (QED) is 0.609. The molecule has 1 aliphatic carbocycles. The molecule has 2 heterocycles. The van der Waals surface area contributed by atoms with Crippen LogP contribution in [0.25, 0.3) is 0 Å². The number of amides is 1. The number of pyridine rings is 1. The largest absolute Gasteiger partial charge is 0.327 e. The van der Waals surface area contributed by atoms with Crippen molar-refractivity contribution in [2.24, 2.45) is 0 Å². The van der Waals surface area contributed by atoms with E-state index in [2.05, 4.69) is 20.9 Å². The molecule has 0 aliphatic heterocycles. The van der Waals surface area contributed by atoms with Crippen LogP contribution in [0.5, 0.6) is 0 Å². The fourth-order valence-corrected chi connectivity index (χ4v) is 5.50. The van der Waals surface area contributed by atoms with Crippen LogP contribution in [0.15, 0.2) is 28.3 Å². The molecule has 0 saturated heterocycles. The topological polar surface area (TPSA) is 108 Å². The molecular formula is C22H29N5O3S2. The van der Waals surface area contributed by atoms with Crippen molar-refractivity contribution in [3.8, 4) is 6.07 Å². The van der Waals surface area contributed by atoms with Gasteiger partial charge in [0.1, 0.15) is 16.8 Å². The van der Waals surface area contributed by atoms with Gasteiger partial charge in [-0.15, -0.1) is 0 Å². The number of sulfonamides is 1. The molecular weight excluding hydrogens is 446 g/mol. The molecule has 172 valence electrons. The first-order chi connectivity index (χ1) is 15.2. The number of nitrogens with one attached hydrogen (secondary N) is 1. The summed E-state index contributed by atoms with van der Waals surface area (Å²) in [7, 11) is -0.616. The van der Waals surface area contributed by atoms with Gasteiger partial charge in [0.15, 0.2) is 0 Å². The molecule has 1 N–H and O–H groups in total. The predicted octanol–water partition coefficient (Wildman–Crippen LogP) is 3.86. The maximum atomic E-state index is 12.7. The molecule has 2 aromatic rings. The van der Waals surface area contributed by atoms with E-state index in [1.807, 2.05) is 13.8 Å². The highest BCUT2D eigenvalue weighted by molar-refractivity contribution is 7.99. The number of nitriles is 1. The second-order valence-electron chi connectivity index (χ2n) is 8.16. The van der Waals surface area contributed by atoms with Crippen molar-refractivity contribution in [2.75, 3.05) is 25.2 Å². The van der Waals surface area contributed by atoms with Crippen LogP contribution in [0, 0.1) is 25.2 Å². The van der Waals surface area contributed by atoms with Gasteiger partial charge >= 0.3 is 0 Å². The third kappa shape index (κ3) is 5.00. The molecule has 32 heavy (non-hydrogen) atoms. The van der Waals surface area contributed by atoms with E-state index in [4.69, 9.17) is 0 Å². The van der Waals surface area contributed by atoms with Gasteiger partial charge in [-0.2, -0.15) is 5.26 Å². The molecule has 10 heteroatoms. The Kier molecular flexibility index (Phi) is 7.64. The number of hydrogen-bond acceptors (Lipinski definition) is 6. The lowest BCUT2D eigenvalue weighted by molar-refractivity contribution is -0.113. The van der Waals surface area contributed by atoms with Crippen LogP contribution < -0.4 is 5.32 Å². The highest BCUT2D eigenvalue weighted by Gasteiger charge is 2.26. The number of nitrogens with zero attached hydrogens (tertiary/aromatic N) is 4. The summed E-state index contributed by atoms with van der Waals surface area (Å²) >= 11 is 1.22. The molecule has 0 unspecified atom stereocenters. The van der Waals surface area contributed by atoms with Gasteiger partial charge in [0.25, 0.3) is 0 Å². The number of aromatic nitrogens is 2. The lowest BCUT2D eigenvalue weighted by Gasteiger charge is -2.27. The lowest BCUT2D eigenvalue weighted by Crippen LogP contribution is -2.22. The zero-order valence-electron chi connectivity index (χ0n) is 18.9. The minimum atomic E-state index is -3.54. The molecule has 0 aromatic carbocycles. The SMILES string of the molecule is Cc1c(C#N)c(NC(=O)CSc2ccc(S(=O)(=O)N(C)C)cn2)n(C2CCCCC2)c1C. The van der Waals surface area contributed by atoms with E-state index in [1.165, 1.54) is 44.5 Å². The van der Waals surface area contributed by atoms with E-state index < -0.39 is 10.0 Å². The molecule has 0 bridgehead atoms. The Morgan fingerprint density at radius 2 is 1.97 bits per heavy atom. The maximum absolute atomic E-state index is 12.7. The summed E-state index contributed by atoms with van der Waals surface area (Å²) in [5.41, 5.74) is 2.44. The fourth-order valence-electron chi connectivity index (χ4n) is 4.01. The van der Waals surface area contributed by atoms with Crippen molar-refractivity contribution < 1.29 is 13.2 Å². The fraction of sp³-hybridized carbons (Fsp3) is 0.500. The van der Waals surface area contributed by atoms with Crippen LogP contribution in [0.3, 0.4) is 0 Å². The van der Waals surface area contributed by atoms with Gasteiger partial charge in [-0.1, -0.05) is 31.0 Å². The zero-order chi connectivity index (χ0) is 23.5. The Morgan fingerprint density at radius 1 is 1.28 bits per heavy atom. The highest BCUT2D eigenvalue weighted by atomic mass is 32.2. The van der Waals surface area contributed by atoms with Crippen molar-refractivity contribution >= 4 is 33.5 Å². The standard InChI is InChI=1S/C22H29N5O3S2/c1-15-16(2)27(17-8-6-5-7-9-17)22(19(15)12-23)25-20(28)14-31-21-11-10-18(13-24-21)32(29,30)26(3)4/h10-11,13,17H,5-9,14H2,1-4H3,(H,25,28). The van der Waals surface area contributed by atoms with Gasteiger partial charge in [0.2, 0.25) is 15.9 Å². The molecule has 3 rings (SSSR count). The lowest BCUT2D eigenvalue weighted by atomic mass is 9.95. The summed E-state index contributed by atoms with van der Waals surface area (Å²) in [5, 5.41) is 13.2.